The molecule has 1 aromatic heterocycles. The van der Waals surface area contributed by atoms with E-state index in [-0.39, 0.29) is 6.10 Å². The smallest absolute Gasteiger partial charge is 0.293 e. The summed E-state index contributed by atoms with van der Waals surface area (Å²) in [5, 5.41) is 1.09. The SMILES string of the molecule is COc1ccccc1Cn1cc(C(C)OC=O)c2ccccc21. The molecule has 4 nitrogen and oxygen atoms in total. The van der Waals surface area contributed by atoms with E-state index in [9.17, 15) is 4.79 Å². The monoisotopic (exact) mass is 309 g/mol. The van der Waals surface area contributed by atoms with Gasteiger partial charge in [0.1, 0.15) is 11.9 Å². The van der Waals surface area contributed by atoms with Gasteiger partial charge in [-0.15, -0.1) is 0 Å². The molecule has 0 aliphatic heterocycles. The van der Waals surface area contributed by atoms with Gasteiger partial charge in [0, 0.05) is 28.2 Å². The Morgan fingerprint density at radius 1 is 1.13 bits per heavy atom. The van der Waals surface area contributed by atoms with Crippen LogP contribution in [0.5, 0.6) is 5.75 Å². The Labute approximate surface area is 135 Å². The highest BCUT2D eigenvalue weighted by Crippen LogP contribution is 2.29. The van der Waals surface area contributed by atoms with E-state index in [1.807, 2.05) is 49.5 Å². The summed E-state index contributed by atoms with van der Waals surface area (Å²) < 4.78 is 12.7. The van der Waals surface area contributed by atoms with E-state index >= 15 is 0 Å². The van der Waals surface area contributed by atoms with Crippen LogP contribution in [0, 0.1) is 0 Å². The van der Waals surface area contributed by atoms with Gasteiger partial charge in [-0.2, -0.15) is 0 Å². The van der Waals surface area contributed by atoms with Gasteiger partial charge in [0.15, 0.2) is 0 Å². The molecule has 3 rings (SSSR count). The molecule has 1 heterocycles. The third-order valence-corrected chi connectivity index (χ3v) is 4.05. The minimum Gasteiger partial charge on any atom is -0.496 e. The maximum absolute atomic E-state index is 10.7. The third-order valence-electron chi connectivity index (χ3n) is 4.05. The van der Waals surface area contributed by atoms with E-state index in [1.54, 1.807) is 7.11 Å². The molecule has 0 amide bonds. The molecule has 23 heavy (non-hydrogen) atoms. The lowest BCUT2D eigenvalue weighted by Gasteiger charge is -2.10. The second kappa shape index (κ2) is 6.57. The van der Waals surface area contributed by atoms with Crippen LogP contribution in [0.15, 0.2) is 54.7 Å². The largest absolute Gasteiger partial charge is 0.496 e. The van der Waals surface area contributed by atoms with Gasteiger partial charge in [0.2, 0.25) is 0 Å². The van der Waals surface area contributed by atoms with Crippen molar-refractivity contribution in [1.82, 2.24) is 4.57 Å². The first kappa shape index (κ1) is 15.2. The summed E-state index contributed by atoms with van der Waals surface area (Å²) >= 11 is 0. The Hall–Kier alpha value is -2.75. The lowest BCUT2D eigenvalue weighted by molar-refractivity contribution is -0.133. The minimum absolute atomic E-state index is 0.281. The summed E-state index contributed by atoms with van der Waals surface area (Å²) in [6.07, 6.45) is 1.77. The van der Waals surface area contributed by atoms with Gasteiger partial charge in [-0.25, -0.2) is 0 Å². The van der Waals surface area contributed by atoms with Gasteiger partial charge in [-0.3, -0.25) is 4.79 Å². The van der Waals surface area contributed by atoms with Gasteiger partial charge >= 0.3 is 0 Å². The van der Waals surface area contributed by atoms with Crippen molar-refractivity contribution in [3.63, 3.8) is 0 Å². The fraction of sp³-hybridized carbons (Fsp3) is 0.211. The van der Waals surface area contributed by atoms with Crippen molar-refractivity contribution in [2.45, 2.75) is 19.6 Å². The summed E-state index contributed by atoms with van der Waals surface area (Å²) in [5.74, 6) is 0.865. The van der Waals surface area contributed by atoms with Crippen molar-refractivity contribution in [3.05, 3.63) is 65.9 Å². The Balaban J connectivity index is 2.06. The molecule has 1 atom stereocenters. The van der Waals surface area contributed by atoms with Crippen LogP contribution in [0.3, 0.4) is 0 Å². The normalized spacial score (nSPS) is 12.1. The number of para-hydroxylation sites is 2. The molecule has 0 aliphatic rings. The Morgan fingerprint density at radius 3 is 2.65 bits per heavy atom. The minimum atomic E-state index is -0.281. The molecule has 0 aliphatic carbocycles. The van der Waals surface area contributed by atoms with Gasteiger partial charge < -0.3 is 14.0 Å². The molecule has 118 valence electrons. The zero-order valence-corrected chi connectivity index (χ0v) is 13.2. The van der Waals surface area contributed by atoms with Crippen LogP contribution in [-0.2, 0) is 16.1 Å². The molecule has 0 saturated heterocycles. The first-order valence-electron chi connectivity index (χ1n) is 7.53. The highest BCUT2D eigenvalue weighted by atomic mass is 16.5. The zero-order chi connectivity index (χ0) is 16.2. The summed E-state index contributed by atoms with van der Waals surface area (Å²) in [6.45, 7) is 3.07. The van der Waals surface area contributed by atoms with Crippen molar-refractivity contribution in [1.29, 1.82) is 0 Å². The molecular formula is C19H19NO3. The number of fused-ring (bicyclic) bond motifs is 1. The molecule has 0 saturated carbocycles. The molecule has 0 radical (unpaired) electrons. The number of carbonyl (C=O) groups is 1. The standard InChI is InChI=1S/C19H19NO3/c1-14(23-13-21)17-12-20(18-9-5-4-8-16(17)18)11-15-7-3-6-10-19(15)22-2/h3-10,12-14H,11H2,1-2H3. The lowest BCUT2D eigenvalue weighted by Crippen LogP contribution is -2.01. The topological polar surface area (TPSA) is 40.5 Å². The van der Waals surface area contributed by atoms with Crippen LogP contribution in [0.2, 0.25) is 0 Å². The molecule has 0 spiro atoms. The average Bonchev–Trinajstić information content (AvgIpc) is 2.95. The predicted octanol–water partition coefficient (Wildman–Crippen LogP) is 3.93. The highest BCUT2D eigenvalue weighted by molar-refractivity contribution is 5.84. The van der Waals surface area contributed by atoms with E-state index in [2.05, 4.69) is 16.7 Å². The number of methoxy groups -OCH3 is 1. The van der Waals surface area contributed by atoms with Crippen LogP contribution in [-0.4, -0.2) is 18.1 Å². The Kier molecular flexibility index (Phi) is 4.33. The van der Waals surface area contributed by atoms with Crippen molar-refractivity contribution in [3.8, 4) is 5.75 Å². The number of hydrogen-bond donors (Lipinski definition) is 0. The van der Waals surface area contributed by atoms with E-state index in [4.69, 9.17) is 9.47 Å². The first-order valence-corrected chi connectivity index (χ1v) is 7.53. The molecule has 3 aromatic rings. The van der Waals surface area contributed by atoms with Crippen LogP contribution >= 0.6 is 0 Å². The van der Waals surface area contributed by atoms with E-state index in [0.29, 0.717) is 13.0 Å². The second-order valence-electron chi connectivity index (χ2n) is 5.42. The molecular weight excluding hydrogens is 290 g/mol. The molecule has 2 aromatic carbocycles. The summed E-state index contributed by atoms with van der Waals surface area (Å²) in [5.41, 5.74) is 3.21. The highest BCUT2D eigenvalue weighted by Gasteiger charge is 2.15. The van der Waals surface area contributed by atoms with Gasteiger partial charge in [0.05, 0.1) is 13.7 Å². The molecule has 0 N–H and O–H groups in total. The maximum atomic E-state index is 10.7. The number of rotatable bonds is 6. The van der Waals surface area contributed by atoms with E-state index < -0.39 is 0 Å². The first-order chi connectivity index (χ1) is 11.2. The van der Waals surface area contributed by atoms with Crippen LogP contribution in [0.1, 0.15) is 24.2 Å². The zero-order valence-electron chi connectivity index (χ0n) is 13.2. The van der Waals surface area contributed by atoms with Crippen molar-refractivity contribution in [2.24, 2.45) is 0 Å². The van der Waals surface area contributed by atoms with E-state index in [0.717, 1.165) is 27.8 Å². The fourth-order valence-corrected chi connectivity index (χ4v) is 2.90. The van der Waals surface area contributed by atoms with Gasteiger partial charge in [-0.05, 0) is 19.1 Å². The number of benzene rings is 2. The third kappa shape index (κ3) is 2.93. The Bertz CT molecular complexity index is 822. The Morgan fingerprint density at radius 2 is 1.87 bits per heavy atom. The number of nitrogens with zero attached hydrogens (tertiary/aromatic N) is 1. The number of carbonyl (C=O) groups excluding carboxylic acids is 1. The van der Waals surface area contributed by atoms with Gasteiger partial charge in [-0.1, -0.05) is 36.4 Å². The molecule has 4 heteroatoms. The van der Waals surface area contributed by atoms with Crippen LogP contribution in [0.25, 0.3) is 10.9 Å². The van der Waals surface area contributed by atoms with Crippen LogP contribution < -0.4 is 4.74 Å². The lowest BCUT2D eigenvalue weighted by atomic mass is 10.1. The summed E-state index contributed by atoms with van der Waals surface area (Å²) in [4.78, 5) is 10.7. The quantitative estimate of drug-likeness (QED) is 0.648. The molecule has 1 unspecified atom stereocenters. The second-order valence-corrected chi connectivity index (χ2v) is 5.42. The van der Waals surface area contributed by atoms with E-state index in [1.165, 1.54) is 0 Å². The maximum Gasteiger partial charge on any atom is 0.293 e. The predicted molar refractivity (Wildman–Crippen MR) is 89.6 cm³/mol. The fourth-order valence-electron chi connectivity index (χ4n) is 2.90. The number of aromatic nitrogens is 1. The van der Waals surface area contributed by atoms with Crippen molar-refractivity contribution in [2.75, 3.05) is 7.11 Å². The number of hydrogen-bond acceptors (Lipinski definition) is 3. The summed E-state index contributed by atoms with van der Waals surface area (Å²) in [6, 6.07) is 16.1. The number of ether oxygens (including phenoxy) is 2. The molecule has 0 fully saturated rings. The average molecular weight is 309 g/mol. The van der Waals surface area contributed by atoms with Crippen LogP contribution in [0.4, 0.5) is 0 Å². The van der Waals surface area contributed by atoms with Crippen molar-refractivity contribution >= 4 is 17.4 Å². The van der Waals surface area contributed by atoms with Gasteiger partial charge in [0.25, 0.3) is 6.47 Å². The molecule has 0 bridgehead atoms. The summed E-state index contributed by atoms with van der Waals surface area (Å²) in [7, 11) is 1.68. The van der Waals surface area contributed by atoms with Crippen molar-refractivity contribution < 1.29 is 14.3 Å².